The maximum absolute atomic E-state index is 12.5. The first kappa shape index (κ1) is 16.0. The minimum Gasteiger partial charge on any atom is -0.467 e. The minimum atomic E-state index is -0.940. The van der Waals surface area contributed by atoms with E-state index >= 15 is 0 Å². The number of methoxy groups -OCH3 is 1. The molecule has 4 nitrogen and oxygen atoms in total. The van der Waals surface area contributed by atoms with Gasteiger partial charge in [0.25, 0.3) is 0 Å². The van der Waals surface area contributed by atoms with Crippen molar-refractivity contribution < 1.29 is 14.3 Å². The first-order valence-corrected chi connectivity index (χ1v) is 7.43. The summed E-state index contributed by atoms with van der Waals surface area (Å²) in [6.07, 6.45) is 2.17. The van der Waals surface area contributed by atoms with E-state index in [1.165, 1.54) is 7.11 Å². The Morgan fingerprint density at radius 1 is 1.24 bits per heavy atom. The van der Waals surface area contributed by atoms with Crippen molar-refractivity contribution in [2.75, 3.05) is 13.7 Å². The van der Waals surface area contributed by atoms with Crippen molar-refractivity contribution in [1.29, 1.82) is 0 Å². The molecule has 0 bridgehead atoms. The molecule has 1 aliphatic carbocycles. The lowest BCUT2D eigenvalue weighted by Crippen LogP contribution is -2.55. The Kier molecular flexibility index (Phi) is 4.69. The molecular formula is C17H25NO3. The van der Waals surface area contributed by atoms with Gasteiger partial charge in [-0.3, -0.25) is 5.32 Å². The predicted molar refractivity (Wildman–Crippen MR) is 82.0 cm³/mol. The van der Waals surface area contributed by atoms with Gasteiger partial charge in [0, 0.05) is 6.04 Å². The van der Waals surface area contributed by atoms with Gasteiger partial charge in [0.1, 0.15) is 0 Å². The van der Waals surface area contributed by atoms with Gasteiger partial charge in [-0.25, -0.2) is 4.79 Å². The molecule has 0 aromatic heterocycles. The van der Waals surface area contributed by atoms with Crippen molar-refractivity contribution in [3.8, 4) is 0 Å². The average molecular weight is 291 g/mol. The van der Waals surface area contributed by atoms with E-state index in [2.05, 4.69) is 5.32 Å². The molecule has 0 heterocycles. The zero-order valence-electron chi connectivity index (χ0n) is 13.3. The summed E-state index contributed by atoms with van der Waals surface area (Å²) in [7, 11) is 1.42. The summed E-state index contributed by atoms with van der Waals surface area (Å²) in [4.78, 5) is 12.5. The number of nitrogens with one attached hydrogen (secondary N) is 1. The maximum atomic E-state index is 12.5. The highest BCUT2D eigenvalue weighted by molar-refractivity contribution is 5.83. The number of hydrogen-bond donors (Lipinski definition) is 1. The molecule has 0 aliphatic heterocycles. The van der Waals surface area contributed by atoms with Crippen LogP contribution in [0.5, 0.6) is 0 Å². The molecule has 1 fully saturated rings. The van der Waals surface area contributed by atoms with Crippen molar-refractivity contribution in [2.45, 2.75) is 50.8 Å². The lowest BCUT2D eigenvalue weighted by atomic mass is 9.90. The second kappa shape index (κ2) is 6.16. The molecule has 116 valence electrons. The first-order chi connectivity index (χ1) is 9.87. The van der Waals surface area contributed by atoms with Gasteiger partial charge in [0.05, 0.1) is 19.3 Å². The van der Waals surface area contributed by atoms with Crippen molar-refractivity contribution in [3.63, 3.8) is 0 Å². The summed E-state index contributed by atoms with van der Waals surface area (Å²) in [6, 6.07) is 10.0. The molecule has 0 saturated heterocycles. The normalized spacial score (nSPS) is 18.1. The van der Waals surface area contributed by atoms with Crippen LogP contribution in [0.3, 0.4) is 0 Å². The molecule has 1 saturated carbocycles. The van der Waals surface area contributed by atoms with Crippen LogP contribution in [0.4, 0.5) is 0 Å². The molecule has 1 aliphatic rings. The van der Waals surface area contributed by atoms with Gasteiger partial charge in [0.2, 0.25) is 0 Å². The minimum absolute atomic E-state index is 0.254. The van der Waals surface area contributed by atoms with Gasteiger partial charge in [0.15, 0.2) is 5.54 Å². The number of ether oxygens (including phenoxy) is 2. The van der Waals surface area contributed by atoms with Gasteiger partial charge in [-0.1, -0.05) is 30.3 Å². The molecule has 0 amide bonds. The Morgan fingerprint density at radius 3 is 2.33 bits per heavy atom. The second-order valence-corrected chi connectivity index (χ2v) is 6.58. The van der Waals surface area contributed by atoms with E-state index in [1.54, 1.807) is 0 Å². The van der Waals surface area contributed by atoms with E-state index < -0.39 is 5.54 Å². The Labute approximate surface area is 126 Å². The van der Waals surface area contributed by atoms with Crippen LogP contribution in [-0.4, -0.2) is 31.3 Å². The van der Waals surface area contributed by atoms with E-state index in [0.29, 0.717) is 6.04 Å². The molecule has 2 rings (SSSR count). The molecule has 21 heavy (non-hydrogen) atoms. The van der Waals surface area contributed by atoms with Crippen LogP contribution < -0.4 is 5.32 Å². The van der Waals surface area contributed by atoms with Gasteiger partial charge < -0.3 is 9.47 Å². The topological polar surface area (TPSA) is 47.6 Å². The van der Waals surface area contributed by atoms with Gasteiger partial charge >= 0.3 is 5.97 Å². The van der Waals surface area contributed by atoms with Crippen molar-refractivity contribution in [2.24, 2.45) is 0 Å². The first-order valence-electron chi connectivity index (χ1n) is 7.43. The second-order valence-electron chi connectivity index (χ2n) is 6.58. The van der Waals surface area contributed by atoms with Crippen LogP contribution in [0.25, 0.3) is 0 Å². The molecular weight excluding hydrogens is 266 g/mol. The van der Waals surface area contributed by atoms with E-state index in [0.717, 1.165) is 18.4 Å². The van der Waals surface area contributed by atoms with E-state index in [4.69, 9.17) is 9.47 Å². The van der Waals surface area contributed by atoms with Crippen LogP contribution >= 0.6 is 0 Å². The Balaban J connectivity index is 2.35. The number of benzene rings is 1. The Bertz CT molecular complexity index is 477. The molecule has 1 N–H and O–H groups in total. The quantitative estimate of drug-likeness (QED) is 0.819. The fourth-order valence-corrected chi connectivity index (χ4v) is 2.24. The number of hydrogen-bond acceptors (Lipinski definition) is 4. The van der Waals surface area contributed by atoms with Crippen LogP contribution in [0.15, 0.2) is 30.3 Å². The molecule has 1 unspecified atom stereocenters. The highest BCUT2D eigenvalue weighted by Gasteiger charge is 2.46. The molecule has 1 aromatic carbocycles. The van der Waals surface area contributed by atoms with Crippen LogP contribution in [0.2, 0.25) is 0 Å². The lowest BCUT2D eigenvalue weighted by Gasteiger charge is -2.35. The van der Waals surface area contributed by atoms with Crippen LogP contribution in [0, 0.1) is 0 Å². The Hall–Kier alpha value is -1.39. The summed E-state index contributed by atoms with van der Waals surface area (Å²) in [5.74, 6) is -0.301. The zero-order valence-corrected chi connectivity index (χ0v) is 13.3. The average Bonchev–Trinajstić information content (AvgIpc) is 3.26. The summed E-state index contributed by atoms with van der Waals surface area (Å²) in [6.45, 7) is 6.20. The molecule has 0 radical (unpaired) electrons. The third-order valence-corrected chi connectivity index (χ3v) is 3.55. The summed E-state index contributed by atoms with van der Waals surface area (Å²) in [5.41, 5.74) is -0.378. The van der Waals surface area contributed by atoms with Crippen molar-refractivity contribution in [1.82, 2.24) is 5.32 Å². The van der Waals surface area contributed by atoms with Crippen molar-refractivity contribution >= 4 is 5.97 Å². The molecule has 4 heteroatoms. The number of carbonyl (C=O) groups excluding carboxylic acids is 1. The Morgan fingerprint density at radius 2 is 1.86 bits per heavy atom. The fraction of sp³-hybridized carbons (Fsp3) is 0.588. The zero-order chi connectivity index (χ0) is 15.5. The third-order valence-electron chi connectivity index (χ3n) is 3.55. The largest absolute Gasteiger partial charge is 0.467 e. The van der Waals surface area contributed by atoms with Crippen LogP contribution in [-0.2, 0) is 19.8 Å². The maximum Gasteiger partial charge on any atom is 0.333 e. The summed E-state index contributed by atoms with van der Waals surface area (Å²) in [5, 5.41) is 3.44. The summed E-state index contributed by atoms with van der Waals surface area (Å²) < 4.78 is 11.0. The van der Waals surface area contributed by atoms with E-state index in [-0.39, 0.29) is 18.2 Å². The third kappa shape index (κ3) is 4.05. The monoisotopic (exact) mass is 291 g/mol. The highest BCUT2D eigenvalue weighted by Crippen LogP contribution is 2.31. The van der Waals surface area contributed by atoms with Gasteiger partial charge in [-0.15, -0.1) is 0 Å². The molecule has 0 spiro atoms. The standard InChI is InChI=1S/C17H25NO3/c1-16(2,3)21-12-17(15(19)20-4,18-14-10-11-14)13-8-6-5-7-9-13/h5-9,14,18H,10-12H2,1-4H3. The number of rotatable bonds is 6. The molecule has 1 atom stereocenters. The molecule has 1 aromatic rings. The highest BCUT2D eigenvalue weighted by atomic mass is 16.5. The predicted octanol–water partition coefficient (Wildman–Crippen LogP) is 2.62. The van der Waals surface area contributed by atoms with E-state index in [9.17, 15) is 4.79 Å². The van der Waals surface area contributed by atoms with Gasteiger partial charge in [-0.05, 0) is 39.2 Å². The van der Waals surface area contributed by atoms with Crippen molar-refractivity contribution in [3.05, 3.63) is 35.9 Å². The number of carbonyl (C=O) groups is 1. The summed E-state index contributed by atoms with van der Waals surface area (Å²) >= 11 is 0. The smallest absolute Gasteiger partial charge is 0.333 e. The SMILES string of the molecule is COC(=O)C(COC(C)(C)C)(NC1CC1)c1ccccc1. The van der Waals surface area contributed by atoms with Crippen LogP contribution in [0.1, 0.15) is 39.2 Å². The van der Waals surface area contributed by atoms with Gasteiger partial charge in [-0.2, -0.15) is 0 Å². The fourth-order valence-electron chi connectivity index (χ4n) is 2.24. The lowest BCUT2D eigenvalue weighted by molar-refractivity contribution is -0.155. The number of esters is 1. The van der Waals surface area contributed by atoms with E-state index in [1.807, 2.05) is 51.1 Å².